The van der Waals surface area contributed by atoms with Crippen molar-refractivity contribution in [3.8, 4) is 6.07 Å². The Labute approximate surface area is 171 Å². The highest BCUT2D eigenvalue weighted by molar-refractivity contribution is 7.07. The molecule has 7 nitrogen and oxygen atoms in total. The first-order valence-corrected chi connectivity index (χ1v) is 10.3. The topological polar surface area (TPSA) is 99.9 Å². The van der Waals surface area contributed by atoms with Gasteiger partial charge in [0, 0.05) is 35.5 Å². The number of esters is 1. The minimum atomic E-state index is -0.709. The van der Waals surface area contributed by atoms with E-state index in [1.165, 1.54) is 4.57 Å². The van der Waals surface area contributed by atoms with Gasteiger partial charge in [0.15, 0.2) is 5.57 Å². The number of hydrogen-bond donors (Lipinski definition) is 2. The van der Waals surface area contributed by atoms with Crippen LogP contribution in [-0.4, -0.2) is 22.1 Å². The summed E-state index contributed by atoms with van der Waals surface area (Å²) >= 11 is 1.11. The fourth-order valence-electron chi connectivity index (χ4n) is 2.90. The third-order valence-electron chi connectivity index (χ3n) is 4.37. The number of unbranched alkanes of at least 4 members (excludes halogenated alkanes) is 1. The molecule has 2 aromatic heterocycles. The Kier molecular flexibility index (Phi) is 6.52. The molecule has 2 N–H and O–H groups in total. The van der Waals surface area contributed by atoms with Crippen LogP contribution in [0, 0.1) is 11.3 Å². The molecule has 0 saturated carbocycles. The summed E-state index contributed by atoms with van der Waals surface area (Å²) in [6, 6.07) is 9.70. The number of anilines is 1. The SMILES string of the molecule is CCCCn1c(=O)/c(=C\Nc2ccc3[nH]ccc3c2)s/c1=C(/C#N)C(=O)OCC. The number of nitriles is 1. The number of thiazole rings is 1. The lowest BCUT2D eigenvalue weighted by atomic mass is 10.2. The molecule has 0 radical (unpaired) electrons. The summed E-state index contributed by atoms with van der Waals surface area (Å²) < 4.78 is 7.23. The van der Waals surface area contributed by atoms with E-state index in [4.69, 9.17) is 4.74 Å². The molecule has 0 atom stereocenters. The molecule has 3 rings (SSSR count). The van der Waals surface area contributed by atoms with Crippen LogP contribution in [0.15, 0.2) is 35.3 Å². The van der Waals surface area contributed by atoms with Gasteiger partial charge in [-0.15, -0.1) is 11.3 Å². The maximum atomic E-state index is 12.9. The van der Waals surface area contributed by atoms with Crippen LogP contribution < -0.4 is 20.1 Å². The number of aromatic amines is 1. The zero-order chi connectivity index (χ0) is 20.8. The number of carbonyl (C=O) groups is 1. The van der Waals surface area contributed by atoms with E-state index in [-0.39, 0.29) is 17.7 Å². The molecule has 0 aliphatic carbocycles. The fourth-order valence-corrected chi connectivity index (χ4v) is 3.94. The molecule has 0 amide bonds. The predicted octanol–water partition coefficient (Wildman–Crippen LogP) is 2.28. The highest BCUT2D eigenvalue weighted by atomic mass is 32.1. The highest BCUT2D eigenvalue weighted by Crippen LogP contribution is 2.17. The van der Waals surface area contributed by atoms with Crippen molar-refractivity contribution in [3.63, 3.8) is 0 Å². The lowest BCUT2D eigenvalue weighted by Gasteiger charge is -2.02. The monoisotopic (exact) mass is 410 g/mol. The van der Waals surface area contributed by atoms with E-state index in [1.807, 2.05) is 43.5 Å². The standard InChI is InChI=1S/C21H22N4O3S/c1-3-5-10-25-19(26)18(29-20(25)16(12-22)21(27)28-4-2)13-24-15-6-7-17-14(11-15)8-9-23-17/h6-9,11,13,23-24H,3-5,10H2,1-2H3/b18-13+,20-16-. The zero-order valence-corrected chi connectivity index (χ0v) is 17.1. The molecular weight excluding hydrogens is 388 g/mol. The molecule has 8 heteroatoms. The molecule has 150 valence electrons. The van der Waals surface area contributed by atoms with Gasteiger partial charge in [0.1, 0.15) is 15.3 Å². The van der Waals surface area contributed by atoms with Crippen molar-refractivity contribution in [2.24, 2.45) is 0 Å². The lowest BCUT2D eigenvalue weighted by Crippen LogP contribution is -2.33. The number of ether oxygens (including phenoxy) is 1. The zero-order valence-electron chi connectivity index (χ0n) is 16.3. The summed E-state index contributed by atoms with van der Waals surface area (Å²) in [5.41, 5.74) is 1.49. The summed E-state index contributed by atoms with van der Waals surface area (Å²) in [5, 5.41) is 13.7. The van der Waals surface area contributed by atoms with Crippen LogP contribution in [0.2, 0.25) is 0 Å². The number of nitrogens with one attached hydrogen (secondary N) is 2. The third-order valence-corrected chi connectivity index (χ3v) is 5.50. The number of carbonyl (C=O) groups excluding carboxylic acids is 1. The van der Waals surface area contributed by atoms with Crippen LogP contribution in [0.5, 0.6) is 0 Å². The summed E-state index contributed by atoms with van der Waals surface area (Å²) in [6.45, 7) is 4.30. The quantitative estimate of drug-likeness (QED) is 0.582. The number of hydrogen-bond acceptors (Lipinski definition) is 6. The normalized spacial score (nSPS) is 12.7. The van der Waals surface area contributed by atoms with Crippen molar-refractivity contribution in [1.82, 2.24) is 9.55 Å². The number of aromatic nitrogens is 2. The molecule has 0 bridgehead atoms. The molecule has 0 aliphatic rings. The number of rotatable bonds is 7. The Bertz CT molecular complexity index is 1240. The van der Waals surface area contributed by atoms with Crippen molar-refractivity contribution in [2.75, 3.05) is 11.9 Å². The summed E-state index contributed by atoms with van der Waals surface area (Å²) in [5.74, 6) is -0.709. The van der Waals surface area contributed by atoms with Crippen molar-refractivity contribution >= 4 is 45.7 Å². The van der Waals surface area contributed by atoms with Gasteiger partial charge in [-0.05, 0) is 37.6 Å². The first-order valence-electron chi connectivity index (χ1n) is 9.44. The maximum absolute atomic E-state index is 12.9. The van der Waals surface area contributed by atoms with Crippen LogP contribution in [0.4, 0.5) is 5.69 Å². The molecule has 0 unspecified atom stereocenters. The van der Waals surface area contributed by atoms with E-state index < -0.39 is 5.97 Å². The van der Waals surface area contributed by atoms with E-state index in [0.29, 0.717) is 15.7 Å². The minimum Gasteiger partial charge on any atom is -0.462 e. The minimum absolute atomic E-state index is 0.140. The molecule has 0 saturated heterocycles. The Morgan fingerprint density at radius 3 is 2.93 bits per heavy atom. The van der Waals surface area contributed by atoms with Gasteiger partial charge in [0.25, 0.3) is 5.56 Å². The summed E-state index contributed by atoms with van der Waals surface area (Å²) in [4.78, 5) is 28.2. The van der Waals surface area contributed by atoms with E-state index in [9.17, 15) is 14.9 Å². The van der Waals surface area contributed by atoms with Gasteiger partial charge in [-0.25, -0.2) is 4.79 Å². The molecular formula is C21H22N4O3S. The lowest BCUT2D eigenvalue weighted by molar-refractivity contribution is -0.136. The smallest absolute Gasteiger partial charge is 0.351 e. The maximum Gasteiger partial charge on any atom is 0.351 e. The third kappa shape index (κ3) is 4.41. The largest absolute Gasteiger partial charge is 0.462 e. The number of nitrogens with zero attached hydrogens (tertiary/aromatic N) is 2. The molecule has 29 heavy (non-hydrogen) atoms. The second kappa shape index (κ2) is 9.26. The highest BCUT2D eigenvalue weighted by Gasteiger charge is 2.16. The Balaban J connectivity index is 2.08. The molecule has 1 aromatic carbocycles. The fraction of sp³-hybridized carbons (Fsp3) is 0.286. The van der Waals surface area contributed by atoms with Gasteiger partial charge in [0.05, 0.1) is 6.61 Å². The number of H-pyrrole nitrogens is 1. The number of fused-ring (bicyclic) bond motifs is 1. The second-order valence-electron chi connectivity index (χ2n) is 6.36. The van der Waals surface area contributed by atoms with Gasteiger partial charge in [-0.2, -0.15) is 5.26 Å². The van der Waals surface area contributed by atoms with Gasteiger partial charge in [-0.3, -0.25) is 9.36 Å². The average Bonchev–Trinajstić information content (AvgIpc) is 3.30. The van der Waals surface area contributed by atoms with Crippen LogP contribution in [0.25, 0.3) is 22.7 Å². The summed E-state index contributed by atoms with van der Waals surface area (Å²) in [6.07, 6.45) is 5.14. The number of benzene rings is 1. The van der Waals surface area contributed by atoms with Crippen molar-refractivity contribution in [1.29, 1.82) is 5.26 Å². The van der Waals surface area contributed by atoms with Crippen molar-refractivity contribution in [2.45, 2.75) is 33.2 Å². The Hall–Kier alpha value is -3.31. The van der Waals surface area contributed by atoms with E-state index in [1.54, 1.807) is 13.1 Å². The molecule has 2 heterocycles. The van der Waals surface area contributed by atoms with E-state index in [0.717, 1.165) is 40.8 Å². The van der Waals surface area contributed by atoms with Gasteiger partial charge in [-0.1, -0.05) is 13.3 Å². The first kappa shape index (κ1) is 20.4. The Morgan fingerprint density at radius 1 is 1.38 bits per heavy atom. The molecule has 0 fully saturated rings. The molecule has 0 spiro atoms. The van der Waals surface area contributed by atoms with E-state index >= 15 is 0 Å². The first-order chi connectivity index (χ1) is 14.1. The van der Waals surface area contributed by atoms with Crippen LogP contribution in [0.1, 0.15) is 26.7 Å². The van der Waals surface area contributed by atoms with Gasteiger partial charge < -0.3 is 15.0 Å². The van der Waals surface area contributed by atoms with Crippen LogP contribution >= 0.6 is 11.3 Å². The van der Waals surface area contributed by atoms with Gasteiger partial charge in [0.2, 0.25) is 0 Å². The molecule has 3 aromatic rings. The van der Waals surface area contributed by atoms with Crippen molar-refractivity contribution in [3.05, 3.63) is 50.0 Å². The second-order valence-corrected chi connectivity index (χ2v) is 7.39. The van der Waals surface area contributed by atoms with Gasteiger partial charge >= 0.3 is 5.97 Å². The molecule has 0 aliphatic heterocycles. The Morgan fingerprint density at radius 2 is 2.21 bits per heavy atom. The van der Waals surface area contributed by atoms with E-state index in [2.05, 4.69) is 10.3 Å². The predicted molar refractivity (Wildman–Crippen MR) is 115 cm³/mol. The van der Waals surface area contributed by atoms with Crippen LogP contribution in [-0.2, 0) is 16.1 Å². The average molecular weight is 410 g/mol. The summed E-state index contributed by atoms with van der Waals surface area (Å²) in [7, 11) is 0. The van der Waals surface area contributed by atoms with Crippen LogP contribution in [0.3, 0.4) is 0 Å². The van der Waals surface area contributed by atoms with Crippen molar-refractivity contribution < 1.29 is 9.53 Å².